The fraction of sp³-hybridized carbons (Fsp3) is 0.480. The molecule has 4 rings (SSSR count). The first-order valence-electron chi connectivity index (χ1n) is 12.2. The van der Waals surface area contributed by atoms with Gasteiger partial charge in [-0.1, -0.05) is 0 Å². The molecular formula is C25H33N7O4. The van der Waals surface area contributed by atoms with Crippen molar-refractivity contribution in [2.24, 2.45) is 11.7 Å². The number of aromatic nitrogens is 4. The Balaban J connectivity index is 1.57. The number of piperidine rings is 1. The number of amides is 1. The van der Waals surface area contributed by atoms with E-state index in [-0.39, 0.29) is 23.2 Å². The standard InChI is InChI=1S/C25H33N7O4/c1-3-36-12-11-32-21-13-19(17-6-7-22(35-2)29-14-17)28-15-20(21)30-24(25(32)34)27-8-10-31-9-4-5-18(16-31)23(26)33/h6-7,13-15,18H,3-5,8-12,16H2,1-2H3,(H2,26,33)(H,27,30). The van der Waals surface area contributed by atoms with Crippen molar-refractivity contribution in [2.45, 2.75) is 26.3 Å². The number of rotatable bonds is 11. The Labute approximate surface area is 209 Å². The number of hydrogen-bond donors (Lipinski definition) is 2. The van der Waals surface area contributed by atoms with Crippen LogP contribution in [0.2, 0.25) is 0 Å². The van der Waals surface area contributed by atoms with E-state index in [0.717, 1.165) is 24.9 Å². The molecular weight excluding hydrogens is 462 g/mol. The molecule has 0 aromatic carbocycles. The summed E-state index contributed by atoms with van der Waals surface area (Å²) in [6.07, 6.45) is 5.11. The summed E-state index contributed by atoms with van der Waals surface area (Å²) in [7, 11) is 1.56. The van der Waals surface area contributed by atoms with Crippen molar-refractivity contribution >= 4 is 22.8 Å². The average Bonchev–Trinajstić information content (AvgIpc) is 2.90. The van der Waals surface area contributed by atoms with E-state index in [4.69, 9.17) is 15.2 Å². The number of nitrogens with one attached hydrogen (secondary N) is 1. The van der Waals surface area contributed by atoms with E-state index in [0.29, 0.717) is 62.0 Å². The van der Waals surface area contributed by atoms with Gasteiger partial charge in [-0.15, -0.1) is 0 Å². The lowest BCUT2D eigenvalue weighted by molar-refractivity contribution is -0.123. The van der Waals surface area contributed by atoms with Crippen molar-refractivity contribution in [1.82, 2.24) is 24.4 Å². The van der Waals surface area contributed by atoms with Gasteiger partial charge < -0.3 is 30.0 Å². The number of primary amides is 1. The number of nitrogens with two attached hydrogens (primary N) is 1. The van der Waals surface area contributed by atoms with E-state index in [2.05, 4.69) is 25.2 Å². The maximum atomic E-state index is 13.4. The van der Waals surface area contributed by atoms with Crippen molar-refractivity contribution in [2.75, 3.05) is 51.8 Å². The number of pyridine rings is 2. The largest absolute Gasteiger partial charge is 0.481 e. The zero-order valence-corrected chi connectivity index (χ0v) is 20.8. The van der Waals surface area contributed by atoms with Crippen LogP contribution in [0.1, 0.15) is 19.8 Å². The summed E-state index contributed by atoms with van der Waals surface area (Å²) in [5, 5.41) is 3.19. The Kier molecular flexibility index (Phi) is 8.44. The molecule has 1 saturated heterocycles. The molecule has 3 aromatic heterocycles. The molecule has 0 radical (unpaired) electrons. The van der Waals surface area contributed by atoms with Gasteiger partial charge in [-0.05, 0) is 38.4 Å². The second kappa shape index (κ2) is 11.9. The summed E-state index contributed by atoms with van der Waals surface area (Å²) < 4.78 is 12.3. The van der Waals surface area contributed by atoms with Crippen LogP contribution in [-0.4, -0.2) is 76.8 Å². The molecule has 0 aliphatic carbocycles. The van der Waals surface area contributed by atoms with Crippen molar-refractivity contribution in [3.8, 4) is 17.1 Å². The summed E-state index contributed by atoms with van der Waals surface area (Å²) in [5.41, 5.74) is 8.03. The van der Waals surface area contributed by atoms with Gasteiger partial charge in [-0.3, -0.25) is 14.6 Å². The number of carbonyl (C=O) groups excluding carboxylic acids is 1. The third kappa shape index (κ3) is 5.97. The highest BCUT2D eigenvalue weighted by Gasteiger charge is 2.23. The number of likely N-dealkylation sites (tertiary alicyclic amines) is 1. The molecule has 192 valence electrons. The van der Waals surface area contributed by atoms with Crippen LogP contribution in [0.3, 0.4) is 0 Å². The third-order valence-corrected chi connectivity index (χ3v) is 6.37. The van der Waals surface area contributed by atoms with Crippen LogP contribution in [0.15, 0.2) is 35.4 Å². The van der Waals surface area contributed by atoms with Crippen molar-refractivity contribution in [3.63, 3.8) is 0 Å². The first-order chi connectivity index (χ1) is 17.5. The molecule has 1 amide bonds. The zero-order chi connectivity index (χ0) is 25.5. The normalized spacial score (nSPS) is 16.2. The highest BCUT2D eigenvalue weighted by atomic mass is 16.5. The SMILES string of the molecule is CCOCCn1c(=O)c(NCCN2CCCC(C(N)=O)C2)nc2cnc(-c3ccc(OC)nc3)cc21. The summed E-state index contributed by atoms with van der Waals surface area (Å²) in [5.74, 6) is 0.413. The summed E-state index contributed by atoms with van der Waals surface area (Å²) in [6.45, 7) is 6.03. The van der Waals surface area contributed by atoms with E-state index in [1.165, 1.54) is 0 Å². The molecule has 1 atom stereocenters. The van der Waals surface area contributed by atoms with Crippen LogP contribution in [0.25, 0.3) is 22.3 Å². The molecule has 0 spiro atoms. The Morgan fingerprint density at radius 3 is 2.83 bits per heavy atom. The van der Waals surface area contributed by atoms with Gasteiger partial charge in [0.25, 0.3) is 5.56 Å². The second-order valence-corrected chi connectivity index (χ2v) is 8.73. The lowest BCUT2D eigenvalue weighted by atomic mass is 9.97. The monoisotopic (exact) mass is 495 g/mol. The maximum absolute atomic E-state index is 13.4. The van der Waals surface area contributed by atoms with E-state index in [1.807, 2.05) is 19.1 Å². The molecule has 0 bridgehead atoms. The predicted molar refractivity (Wildman–Crippen MR) is 137 cm³/mol. The molecule has 36 heavy (non-hydrogen) atoms. The Morgan fingerprint density at radius 2 is 2.11 bits per heavy atom. The highest BCUT2D eigenvalue weighted by molar-refractivity contribution is 5.80. The van der Waals surface area contributed by atoms with E-state index in [1.54, 1.807) is 30.1 Å². The molecule has 11 heteroatoms. The zero-order valence-electron chi connectivity index (χ0n) is 20.8. The number of fused-ring (bicyclic) bond motifs is 1. The first kappa shape index (κ1) is 25.5. The van der Waals surface area contributed by atoms with Crippen molar-refractivity contribution in [1.29, 1.82) is 0 Å². The average molecular weight is 496 g/mol. The lowest BCUT2D eigenvalue weighted by Gasteiger charge is -2.31. The molecule has 0 saturated carbocycles. The van der Waals surface area contributed by atoms with Crippen LogP contribution in [0, 0.1) is 5.92 Å². The molecule has 1 aliphatic heterocycles. The lowest BCUT2D eigenvalue weighted by Crippen LogP contribution is -2.43. The molecule has 1 unspecified atom stereocenters. The van der Waals surface area contributed by atoms with Gasteiger partial charge in [-0.2, -0.15) is 0 Å². The number of ether oxygens (including phenoxy) is 2. The molecule has 4 heterocycles. The molecule has 1 fully saturated rings. The fourth-order valence-electron chi connectivity index (χ4n) is 4.42. The topological polar surface area (TPSA) is 137 Å². The van der Waals surface area contributed by atoms with Gasteiger partial charge in [0.05, 0.1) is 37.0 Å². The van der Waals surface area contributed by atoms with Gasteiger partial charge in [0.15, 0.2) is 5.82 Å². The minimum Gasteiger partial charge on any atom is -0.481 e. The number of methoxy groups -OCH3 is 1. The summed E-state index contributed by atoms with van der Waals surface area (Å²) in [4.78, 5) is 40.5. The predicted octanol–water partition coefficient (Wildman–Crippen LogP) is 1.51. The Bertz CT molecular complexity index is 1250. The van der Waals surface area contributed by atoms with Gasteiger partial charge in [0, 0.05) is 50.6 Å². The number of nitrogens with zero attached hydrogens (tertiary/aromatic N) is 5. The molecule has 11 nitrogen and oxygen atoms in total. The number of carbonyl (C=O) groups is 1. The van der Waals surface area contributed by atoms with Crippen LogP contribution in [0.4, 0.5) is 5.82 Å². The van der Waals surface area contributed by atoms with Crippen LogP contribution in [-0.2, 0) is 16.1 Å². The van der Waals surface area contributed by atoms with E-state index < -0.39 is 0 Å². The van der Waals surface area contributed by atoms with E-state index >= 15 is 0 Å². The number of hydrogen-bond acceptors (Lipinski definition) is 9. The first-order valence-corrected chi connectivity index (χ1v) is 12.2. The summed E-state index contributed by atoms with van der Waals surface area (Å²) in [6, 6.07) is 5.48. The Hall–Kier alpha value is -3.57. The maximum Gasteiger partial charge on any atom is 0.293 e. The quantitative estimate of drug-likeness (QED) is 0.379. The van der Waals surface area contributed by atoms with Gasteiger partial charge in [-0.25, -0.2) is 9.97 Å². The highest BCUT2D eigenvalue weighted by Crippen LogP contribution is 2.22. The Morgan fingerprint density at radius 1 is 1.25 bits per heavy atom. The summed E-state index contributed by atoms with van der Waals surface area (Å²) >= 11 is 0. The van der Waals surface area contributed by atoms with Crippen LogP contribution >= 0.6 is 0 Å². The van der Waals surface area contributed by atoms with Crippen molar-refractivity contribution < 1.29 is 14.3 Å². The van der Waals surface area contributed by atoms with Crippen LogP contribution < -0.4 is 21.3 Å². The number of anilines is 1. The van der Waals surface area contributed by atoms with Gasteiger partial charge in [0.1, 0.15) is 5.52 Å². The molecule has 1 aliphatic rings. The van der Waals surface area contributed by atoms with Gasteiger partial charge >= 0.3 is 0 Å². The minimum atomic E-state index is -0.252. The smallest absolute Gasteiger partial charge is 0.293 e. The van der Waals surface area contributed by atoms with Crippen LogP contribution in [0.5, 0.6) is 5.88 Å². The molecule has 3 aromatic rings. The minimum absolute atomic E-state index is 0.116. The van der Waals surface area contributed by atoms with Gasteiger partial charge in [0.2, 0.25) is 11.8 Å². The van der Waals surface area contributed by atoms with E-state index in [9.17, 15) is 9.59 Å². The second-order valence-electron chi connectivity index (χ2n) is 8.73. The third-order valence-electron chi connectivity index (χ3n) is 6.37. The van der Waals surface area contributed by atoms with Crippen molar-refractivity contribution in [3.05, 3.63) is 40.9 Å². The molecule has 3 N–H and O–H groups in total. The fourth-order valence-corrected chi connectivity index (χ4v) is 4.42.